The Morgan fingerprint density at radius 2 is 1.87 bits per heavy atom. The Labute approximate surface area is 221 Å². The van der Waals surface area contributed by atoms with E-state index < -0.39 is 11.7 Å². The lowest BCUT2D eigenvalue weighted by Crippen LogP contribution is -2.15. The van der Waals surface area contributed by atoms with Crippen molar-refractivity contribution in [3.63, 3.8) is 0 Å². The molecule has 190 valence electrons. The van der Waals surface area contributed by atoms with E-state index in [2.05, 4.69) is 25.6 Å². The molecule has 1 amide bonds. The summed E-state index contributed by atoms with van der Waals surface area (Å²) in [6.45, 7) is 0. The van der Waals surface area contributed by atoms with Gasteiger partial charge in [-0.1, -0.05) is 35.9 Å². The maximum atomic E-state index is 14.3. The first kappa shape index (κ1) is 24.8. The smallest absolute Gasteiger partial charge is 0.258 e. The SMILES string of the molecule is Nc1cc(CCC(=O)c2cc(NC(=O)c3cc(-c4ncccc4F)ccc3Cl)n(-c3ccccc3)n2)[nH]n1. The molecule has 0 saturated heterocycles. The van der Waals surface area contributed by atoms with E-state index >= 15 is 0 Å². The van der Waals surface area contributed by atoms with E-state index in [9.17, 15) is 14.0 Å². The standard InChI is InChI=1S/C27H21ClFN7O2/c28-20-10-8-16(26-21(29)7-4-12-31-26)13-19(20)27(38)32-25-15-22(35-36(25)18-5-2-1-3-6-18)23(37)11-9-17-14-24(30)34-33-17/h1-8,10,12-15H,9,11H2,(H,32,38)(H3,30,33,34). The maximum absolute atomic E-state index is 14.3. The number of rotatable bonds is 8. The van der Waals surface area contributed by atoms with Gasteiger partial charge in [0.1, 0.15) is 28.8 Å². The lowest BCUT2D eigenvalue weighted by molar-refractivity contribution is 0.0975. The molecule has 0 aliphatic carbocycles. The molecule has 0 spiro atoms. The van der Waals surface area contributed by atoms with E-state index in [1.165, 1.54) is 41.2 Å². The number of aryl methyl sites for hydroxylation is 1. The summed E-state index contributed by atoms with van der Waals surface area (Å²) in [5.41, 5.74) is 7.76. The van der Waals surface area contributed by atoms with Gasteiger partial charge >= 0.3 is 0 Å². The average molecular weight is 530 g/mol. The number of aromatic nitrogens is 5. The fraction of sp³-hybridized carbons (Fsp3) is 0.0741. The minimum atomic E-state index is -0.558. The fourth-order valence-electron chi connectivity index (χ4n) is 3.88. The number of ketones is 1. The number of H-pyrrole nitrogens is 1. The molecule has 0 saturated carbocycles. The molecule has 0 atom stereocenters. The molecule has 0 radical (unpaired) electrons. The van der Waals surface area contributed by atoms with Gasteiger partial charge < -0.3 is 11.1 Å². The second kappa shape index (κ2) is 10.7. The highest BCUT2D eigenvalue weighted by molar-refractivity contribution is 6.34. The van der Waals surface area contributed by atoms with Gasteiger partial charge in [0.15, 0.2) is 5.78 Å². The topological polar surface area (TPSA) is 132 Å². The molecule has 3 heterocycles. The molecule has 3 aromatic heterocycles. The van der Waals surface area contributed by atoms with Gasteiger partial charge in [-0.05, 0) is 42.8 Å². The van der Waals surface area contributed by atoms with Crippen LogP contribution in [-0.2, 0) is 6.42 Å². The number of hydrogen-bond donors (Lipinski definition) is 3. The Bertz CT molecular complexity index is 1630. The second-order valence-corrected chi connectivity index (χ2v) is 8.79. The van der Waals surface area contributed by atoms with Crippen LogP contribution in [0.15, 0.2) is 79.0 Å². The molecule has 0 unspecified atom stereocenters. The van der Waals surface area contributed by atoms with Crippen molar-refractivity contribution in [2.75, 3.05) is 11.1 Å². The van der Waals surface area contributed by atoms with Crippen molar-refractivity contribution < 1.29 is 14.0 Å². The molecular formula is C27H21ClFN7O2. The largest absolute Gasteiger partial charge is 0.382 e. The van der Waals surface area contributed by atoms with Crippen LogP contribution in [0.25, 0.3) is 16.9 Å². The zero-order valence-corrected chi connectivity index (χ0v) is 20.6. The molecule has 0 fully saturated rings. The zero-order valence-electron chi connectivity index (χ0n) is 19.9. The fourth-order valence-corrected chi connectivity index (χ4v) is 4.09. The van der Waals surface area contributed by atoms with Gasteiger partial charge in [0.05, 0.1) is 16.3 Å². The number of pyridine rings is 1. The number of carbonyl (C=O) groups is 2. The van der Waals surface area contributed by atoms with Crippen LogP contribution < -0.4 is 11.1 Å². The van der Waals surface area contributed by atoms with E-state index in [0.29, 0.717) is 23.5 Å². The lowest BCUT2D eigenvalue weighted by Gasteiger charge is -2.11. The highest BCUT2D eigenvalue weighted by Gasteiger charge is 2.20. The summed E-state index contributed by atoms with van der Waals surface area (Å²) >= 11 is 6.33. The third kappa shape index (κ3) is 5.30. The number of benzene rings is 2. The molecule has 38 heavy (non-hydrogen) atoms. The van der Waals surface area contributed by atoms with E-state index in [0.717, 1.165) is 5.69 Å². The zero-order chi connectivity index (χ0) is 26.6. The van der Waals surface area contributed by atoms with Crippen LogP contribution >= 0.6 is 11.6 Å². The van der Waals surface area contributed by atoms with Gasteiger partial charge in [0.25, 0.3) is 5.91 Å². The van der Waals surface area contributed by atoms with Gasteiger partial charge in [-0.3, -0.25) is 19.7 Å². The van der Waals surface area contributed by atoms with Crippen molar-refractivity contribution in [1.29, 1.82) is 0 Å². The minimum Gasteiger partial charge on any atom is -0.382 e. The Balaban J connectivity index is 1.44. The van der Waals surface area contributed by atoms with E-state index in [1.807, 2.05) is 18.2 Å². The Kier molecular flexibility index (Phi) is 6.96. The molecule has 9 nitrogen and oxygen atoms in total. The maximum Gasteiger partial charge on any atom is 0.258 e. The van der Waals surface area contributed by atoms with Crippen LogP contribution in [0.3, 0.4) is 0 Å². The van der Waals surface area contributed by atoms with Crippen LogP contribution in [0.1, 0.15) is 33.0 Å². The number of nitrogens with one attached hydrogen (secondary N) is 2. The molecule has 4 N–H and O–H groups in total. The summed E-state index contributed by atoms with van der Waals surface area (Å²) in [5, 5.41) is 14.0. The first-order valence-corrected chi connectivity index (χ1v) is 12.0. The van der Waals surface area contributed by atoms with Crippen molar-refractivity contribution in [3.8, 4) is 16.9 Å². The molecule has 0 bridgehead atoms. The molecular weight excluding hydrogens is 509 g/mol. The number of halogens is 2. The number of Topliss-reactive ketones (excluding diaryl/α,β-unsaturated/α-hetero) is 1. The average Bonchev–Trinajstić information content (AvgIpc) is 3.54. The monoisotopic (exact) mass is 529 g/mol. The predicted molar refractivity (Wildman–Crippen MR) is 142 cm³/mol. The first-order valence-electron chi connectivity index (χ1n) is 11.6. The molecule has 0 aliphatic rings. The third-order valence-electron chi connectivity index (χ3n) is 5.75. The van der Waals surface area contributed by atoms with Crippen molar-refractivity contribution in [1.82, 2.24) is 25.0 Å². The van der Waals surface area contributed by atoms with Gasteiger partial charge in [-0.15, -0.1) is 0 Å². The number of anilines is 2. The first-order chi connectivity index (χ1) is 18.4. The summed E-state index contributed by atoms with van der Waals surface area (Å²) in [7, 11) is 0. The lowest BCUT2D eigenvalue weighted by atomic mass is 10.1. The Hall–Kier alpha value is -4.83. The van der Waals surface area contributed by atoms with E-state index in [4.69, 9.17) is 17.3 Å². The quantitative estimate of drug-likeness (QED) is 0.240. The Morgan fingerprint density at radius 3 is 2.61 bits per heavy atom. The number of nitrogens with two attached hydrogens (primary N) is 1. The van der Waals surface area contributed by atoms with Crippen LogP contribution in [-0.4, -0.2) is 36.7 Å². The van der Waals surface area contributed by atoms with Crippen LogP contribution in [0, 0.1) is 5.82 Å². The molecule has 0 aliphatic heterocycles. The summed E-state index contributed by atoms with van der Waals surface area (Å²) in [5.74, 6) is -0.698. The van der Waals surface area contributed by atoms with Crippen molar-refractivity contribution in [3.05, 3.63) is 107 Å². The number of nitrogens with zero attached hydrogens (tertiary/aromatic N) is 4. The summed E-state index contributed by atoms with van der Waals surface area (Å²) in [6, 6.07) is 19.6. The summed E-state index contributed by atoms with van der Waals surface area (Å²) < 4.78 is 15.8. The third-order valence-corrected chi connectivity index (χ3v) is 6.08. The number of nitrogen functional groups attached to an aromatic ring is 1. The second-order valence-electron chi connectivity index (χ2n) is 8.39. The number of carbonyl (C=O) groups excluding carboxylic acids is 2. The number of amides is 1. The number of hydrogen-bond acceptors (Lipinski definition) is 6. The van der Waals surface area contributed by atoms with E-state index in [1.54, 1.807) is 24.3 Å². The number of para-hydroxylation sites is 1. The molecule has 2 aromatic carbocycles. The van der Waals surface area contributed by atoms with Gasteiger partial charge in [-0.25, -0.2) is 9.07 Å². The minimum absolute atomic E-state index is 0.0967. The van der Waals surface area contributed by atoms with Crippen molar-refractivity contribution in [2.45, 2.75) is 12.8 Å². The summed E-state index contributed by atoms with van der Waals surface area (Å²) in [4.78, 5) is 30.3. The molecule has 5 rings (SSSR count). The van der Waals surface area contributed by atoms with Gasteiger partial charge in [0.2, 0.25) is 0 Å². The molecule has 11 heteroatoms. The van der Waals surface area contributed by atoms with Crippen LogP contribution in [0.5, 0.6) is 0 Å². The molecule has 5 aromatic rings. The Morgan fingerprint density at radius 1 is 1.05 bits per heavy atom. The highest BCUT2D eigenvalue weighted by atomic mass is 35.5. The van der Waals surface area contributed by atoms with Crippen LogP contribution in [0.2, 0.25) is 5.02 Å². The normalized spacial score (nSPS) is 10.9. The van der Waals surface area contributed by atoms with E-state index in [-0.39, 0.29) is 40.0 Å². The van der Waals surface area contributed by atoms with Crippen molar-refractivity contribution in [2.24, 2.45) is 0 Å². The highest BCUT2D eigenvalue weighted by Crippen LogP contribution is 2.27. The number of aromatic amines is 1. The predicted octanol–water partition coefficient (Wildman–Crippen LogP) is 5.10. The van der Waals surface area contributed by atoms with Gasteiger partial charge in [-0.2, -0.15) is 10.2 Å². The summed E-state index contributed by atoms with van der Waals surface area (Å²) in [6.07, 6.45) is 2.02. The van der Waals surface area contributed by atoms with Gasteiger partial charge in [0, 0.05) is 36.0 Å². The van der Waals surface area contributed by atoms with Crippen LogP contribution in [0.4, 0.5) is 16.0 Å². The van der Waals surface area contributed by atoms with Crippen molar-refractivity contribution >= 4 is 34.9 Å².